The minimum atomic E-state index is -0.000668. The molecule has 128 valence electrons. The second-order valence-corrected chi connectivity index (χ2v) is 7.34. The van der Waals surface area contributed by atoms with Gasteiger partial charge in [0.15, 0.2) is 0 Å². The Morgan fingerprint density at radius 2 is 2.12 bits per heavy atom. The highest BCUT2D eigenvalue weighted by Crippen LogP contribution is 2.27. The van der Waals surface area contributed by atoms with Crippen LogP contribution in [0.5, 0.6) is 0 Å². The summed E-state index contributed by atoms with van der Waals surface area (Å²) in [6.45, 7) is 0.902. The maximum atomic E-state index is 12.2. The molecule has 1 N–H and O–H groups in total. The maximum absolute atomic E-state index is 12.2. The SMILES string of the molecule is O=C(Cn1ccnc1-c1ccccc1)NCCc1nc2c(s1)CCC2. The summed E-state index contributed by atoms with van der Waals surface area (Å²) in [5, 5.41) is 4.13. The third-order valence-corrected chi connectivity index (χ3v) is 5.58. The van der Waals surface area contributed by atoms with Crippen molar-refractivity contribution in [3.63, 3.8) is 0 Å². The predicted octanol–water partition coefficient (Wildman–Crippen LogP) is 2.85. The van der Waals surface area contributed by atoms with E-state index in [1.165, 1.54) is 23.4 Å². The second-order valence-electron chi connectivity index (χ2n) is 6.18. The summed E-state index contributed by atoms with van der Waals surface area (Å²) >= 11 is 1.80. The maximum Gasteiger partial charge on any atom is 0.240 e. The molecule has 0 aliphatic heterocycles. The predicted molar refractivity (Wildman–Crippen MR) is 98.5 cm³/mol. The van der Waals surface area contributed by atoms with E-state index >= 15 is 0 Å². The Kier molecular flexibility index (Phi) is 4.61. The van der Waals surface area contributed by atoms with Crippen molar-refractivity contribution in [3.05, 3.63) is 58.3 Å². The van der Waals surface area contributed by atoms with E-state index in [4.69, 9.17) is 0 Å². The van der Waals surface area contributed by atoms with Crippen LogP contribution in [0.1, 0.15) is 22.0 Å². The summed E-state index contributed by atoms with van der Waals surface area (Å²) in [4.78, 5) is 22.7. The van der Waals surface area contributed by atoms with E-state index in [1.54, 1.807) is 17.5 Å². The standard InChI is InChI=1S/C19H20N4OS/c24-17(20-10-9-18-22-15-7-4-8-16(15)25-18)13-23-12-11-21-19(23)14-5-2-1-3-6-14/h1-3,5-6,11-12H,4,7-10,13H2,(H,20,24). The van der Waals surface area contributed by atoms with Gasteiger partial charge in [0, 0.05) is 35.8 Å². The molecular weight excluding hydrogens is 332 g/mol. The quantitative estimate of drug-likeness (QED) is 0.742. The molecule has 2 heterocycles. The Bertz CT molecular complexity index is 847. The molecule has 0 radical (unpaired) electrons. The third-order valence-electron chi connectivity index (χ3n) is 4.36. The summed E-state index contributed by atoms with van der Waals surface area (Å²) < 4.78 is 1.88. The summed E-state index contributed by atoms with van der Waals surface area (Å²) in [6, 6.07) is 9.91. The minimum Gasteiger partial charge on any atom is -0.354 e. The van der Waals surface area contributed by atoms with Gasteiger partial charge in [-0.15, -0.1) is 11.3 Å². The lowest BCUT2D eigenvalue weighted by Crippen LogP contribution is -2.29. The average molecular weight is 352 g/mol. The number of hydrogen-bond donors (Lipinski definition) is 1. The number of nitrogens with zero attached hydrogens (tertiary/aromatic N) is 3. The van der Waals surface area contributed by atoms with Crippen molar-refractivity contribution in [2.45, 2.75) is 32.2 Å². The summed E-state index contributed by atoms with van der Waals surface area (Å²) in [5.74, 6) is 0.811. The van der Waals surface area contributed by atoms with Gasteiger partial charge in [-0.25, -0.2) is 9.97 Å². The molecule has 0 spiro atoms. The van der Waals surface area contributed by atoms with Gasteiger partial charge in [-0.05, 0) is 19.3 Å². The van der Waals surface area contributed by atoms with E-state index in [2.05, 4.69) is 15.3 Å². The molecule has 1 amide bonds. The number of imidazole rings is 1. The molecule has 0 saturated carbocycles. The Morgan fingerprint density at radius 3 is 2.96 bits per heavy atom. The molecule has 3 aromatic rings. The Hall–Kier alpha value is -2.47. The van der Waals surface area contributed by atoms with Crippen molar-refractivity contribution in [3.8, 4) is 11.4 Å². The van der Waals surface area contributed by atoms with Crippen molar-refractivity contribution in [1.82, 2.24) is 19.9 Å². The summed E-state index contributed by atoms with van der Waals surface area (Å²) in [7, 11) is 0. The number of nitrogens with one attached hydrogen (secondary N) is 1. The Morgan fingerprint density at radius 1 is 1.24 bits per heavy atom. The van der Waals surface area contributed by atoms with E-state index in [1.807, 2.05) is 41.1 Å². The van der Waals surface area contributed by atoms with Crippen LogP contribution in [0.3, 0.4) is 0 Å². The van der Waals surface area contributed by atoms with Crippen LogP contribution in [0.2, 0.25) is 0 Å². The molecular formula is C19H20N4OS. The van der Waals surface area contributed by atoms with Crippen LogP contribution in [-0.2, 0) is 30.6 Å². The highest BCUT2D eigenvalue weighted by molar-refractivity contribution is 7.11. The van der Waals surface area contributed by atoms with Crippen LogP contribution >= 0.6 is 11.3 Å². The molecule has 0 fully saturated rings. The van der Waals surface area contributed by atoms with Gasteiger partial charge in [0.1, 0.15) is 12.4 Å². The molecule has 0 atom stereocenters. The number of aromatic nitrogens is 3. The van der Waals surface area contributed by atoms with Crippen molar-refractivity contribution in [2.24, 2.45) is 0 Å². The molecule has 2 aromatic heterocycles. The first-order chi connectivity index (χ1) is 12.3. The topological polar surface area (TPSA) is 59.8 Å². The Labute approximate surface area is 150 Å². The van der Waals surface area contributed by atoms with Gasteiger partial charge >= 0.3 is 0 Å². The first-order valence-electron chi connectivity index (χ1n) is 8.60. The number of benzene rings is 1. The first kappa shape index (κ1) is 16.0. The highest BCUT2D eigenvalue weighted by atomic mass is 32.1. The number of fused-ring (bicyclic) bond motifs is 1. The van der Waals surface area contributed by atoms with Gasteiger partial charge in [-0.1, -0.05) is 30.3 Å². The van der Waals surface area contributed by atoms with Gasteiger partial charge in [-0.2, -0.15) is 0 Å². The molecule has 1 aromatic carbocycles. The fourth-order valence-corrected chi connectivity index (χ4v) is 4.31. The molecule has 1 aliphatic carbocycles. The first-order valence-corrected chi connectivity index (χ1v) is 9.42. The minimum absolute atomic E-state index is 0.000668. The molecule has 1 aliphatic rings. The van der Waals surface area contributed by atoms with E-state index in [9.17, 15) is 4.79 Å². The highest BCUT2D eigenvalue weighted by Gasteiger charge is 2.16. The molecule has 0 unspecified atom stereocenters. The molecule has 0 saturated heterocycles. The Balaban J connectivity index is 1.31. The monoisotopic (exact) mass is 352 g/mol. The fourth-order valence-electron chi connectivity index (χ4n) is 3.15. The largest absolute Gasteiger partial charge is 0.354 e. The summed E-state index contributed by atoms with van der Waals surface area (Å²) in [5.41, 5.74) is 2.29. The van der Waals surface area contributed by atoms with Crippen LogP contribution < -0.4 is 5.32 Å². The van der Waals surface area contributed by atoms with Crippen LogP contribution in [0, 0.1) is 0 Å². The van der Waals surface area contributed by atoms with Crippen molar-refractivity contribution in [1.29, 1.82) is 0 Å². The number of aryl methyl sites for hydroxylation is 2. The average Bonchev–Trinajstić information content (AvgIpc) is 3.32. The van der Waals surface area contributed by atoms with E-state index < -0.39 is 0 Å². The molecule has 25 heavy (non-hydrogen) atoms. The number of carbonyl (C=O) groups excluding carboxylic acids is 1. The number of thiazole rings is 1. The van der Waals surface area contributed by atoms with Crippen molar-refractivity contribution < 1.29 is 4.79 Å². The normalized spacial score (nSPS) is 13.0. The molecule has 6 heteroatoms. The third kappa shape index (κ3) is 3.64. The number of hydrogen-bond acceptors (Lipinski definition) is 4. The zero-order valence-corrected chi connectivity index (χ0v) is 14.8. The van der Waals surface area contributed by atoms with Gasteiger partial charge in [0.05, 0.1) is 10.7 Å². The lowest BCUT2D eigenvalue weighted by molar-refractivity contribution is -0.121. The lowest BCUT2D eigenvalue weighted by Gasteiger charge is -2.08. The van der Waals surface area contributed by atoms with Gasteiger partial charge in [0.25, 0.3) is 0 Å². The zero-order chi connectivity index (χ0) is 17.1. The number of carbonyl (C=O) groups is 1. The van der Waals surface area contributed by atoms with Crippen LogP contribution in [0.25, 0.3) is 11.4 Å². The van der Waals surface area contributed by atoms with Crippen LogP contribution in [-0.4, -0.2) is 27.0 Å². The summed E-state index contributed by atoms with van der Waals surface area (Å²) in [6.07, 6.45) is 7.89. The van der Waals surface area contributed by atoms with Crippen molar-refractivity contribution in [2.75, 3.05) is 6.54 Å². The molecule has 0 bridgehead atoms. The van der Waals surface area contributed by atoms with Gasteiger partial charge in [0.2, 0.25) is 5.91 Å². The van der Waals surface area contributed by atoms with Crippen LogP contribution in [0.15, 0.2) is 42.7 Å². The molecule has 4 rings (SSSR count). The number of amides is 1. The second kappa shape index (κ2) is 7.19. The van der Waals surface area contributed by atoms with Crippen molar-refractivity contribution >= 4 is 17.2 Å². The zero-order valence-electron chi connectivity index (χ0n) is 13.9. The van der Waals surface area contributed by atoms with E-state index in [0.29, 0.717) is 6.54 Å². The fraction of sp³-hybridized carbons (Fsp3) is 0.316. The lowest BCUT2D eigenvalue weighted by atomic mass is 10.2. The molecule has 5 nitrogen and oxygen atoms in total. The smallest absolute Gasteiger partial charge is 0.240 e. The van der Waals surface area contributed by atoms with Gasteiger partial charge < -0.3 is 9.88 Å². The van der Waals surface area contributed by atoms with E-state index in [-0.39, 0.29) is 12.5 Å². The van der Waals surface area contributed by atoms with Gasteiger partial charge in [-0.3, -0.25) is 4.79 Å². The van der Waals surface area contributed by atoms with E-state index in [0.717, 1.165) is 29.2 Å². The number of rotatable bonds is 6. The van der Waals surface area contributed by atoms with Crippen LogP contribution in [0.4, 0.5) is 0 Å².